The number of anilines is 1. The zero-order valence-corrected chi connectivity index (χ0v) is 18.1. The van der Waals surface area contributed by atoms with Gasteiger partial charge in [0.1, 0.15) is 29.6 Å². The summed E-state index contributed by atoms with van der Waals surface area (Å²) in [4.78, 5) is 27.4. The zero-order valence-electron chi connectivity index (χ0n) is 18.1. The maximum atomic E-state index is 13.1. The average Bonchev–Trinajstić information content (AvgIpc) is 3.38. The highest BCUT2D eigenvalue weighted by molar-refractivity contribution is 6.51. The van der Waals surface area contributed by atoms with E-state index in [1.54, 1.807) is 74.7 Å². The molecule has 1 atom stereocenters. The number of amides is 1. The van der Waals surface area contributed by atoms with Crippen molar-refractivity contribution >= 4 is 23.3 Å². The van der Waals surface area contributed by atoms with Gasteiger partial charge in [-0.15, -0.1) is 0 Å². The first-order valence-corrected chi connectivity index (χ1v) is 10.2. The van der Waals surface area contributed by atoms with Crippen LogP contribution >= 0.6 is 0 Å². The highest BCUT2D eigenvalue weighted by atomic mass is 16.5. The van der Waals surface area contributed by atoms with Gasteiger partial charge in [0, 0.05) is 11.6 Å². The van der Waals surface area contributed by atoms with Crippen molar-refractivity contribution in [2.75, 3.05) is 18.6 Å². The molecule has 1 aromatic heterocycles. The third-order valence-electron chi connectivity index (χ3n) is 5.23. The number of Topliss-reactive ketones (excluding diaryl/α,β-unsaturated/α-hetero) is 1. The van der Waals surface area contributed by atoms with Gasteiger partial charge in [-0.05, 0) is 48.9 Å². The van der Waals surface area contributed by atoms with Gasteiger partial charge in [0.25, 0.3) is 5.78 Å². The number of aromatic nitrogens is 1. The molecule has 1 unspecified atom stereocenters. The molecule has 33 heavy (non-hydrogen) atoms. The molecule has 1 aliphatic rings. The molecule has 4 rings (SSSR count). The molecule has 0 saturated carbocycles. The number of carbonyl (C=O) groups is 2. The Kier molecular flexibility index (Phi) is 5.99. The molecule has 8 heteroatoms. The zero-order chi connectivity index (χ0) is 23.5. The quantitative estimate of drug-likeness (QED) is 0.251. The van der Waals surface area contributed by atoms with Crippen molar-refractivity contribution in [3.63, 3.8) is 0 Å². The molecule has 3 aromatic rings. The van der Waals surface area contributed by atoms with Crippen LogP contribution in [-0.4, -0.2) is 35.7 Å². The molecule has 2 heterocycles. The van der Waals surface area contributed by atoms with E-state index in [9.17, 15) is 14.7 Å². The fraction of sp³-hybridized carbons (Fsp3) is 0.160. The average molecular weight is 446 g/mol. The third-order valence-corrected chi connectivity index (χ3v) is 5.23. The largest absolute Gasteiger partial charge is 0.507 e. The van der Waals surface area contributed by atoms with E-state index >= 15 is 0 Å². The number of ether oxygens (including phenoxy) is 2. The van der Waals surface area contributed by atoms with Gasteiger partial charge in [-0.1, -0.05) is 29.9 Å². The number of aliphatic hydroxyl groups excluding tert-OH is 1. The lowest BCUT2D eigenvalue weighted by Crippen LogP contribution is -2.29. The lowest BCUT2D eigenvalue weighted by Gasteiger charge is -2.23. The number of aryl methyl sites for hydroxylation is 1. The molecule has 0 spiro atoms. The Bertz CT molecular complexity index is 1220. The summed E-state index contributed by atoms with van der Waals surface area (Å²) in [5.41, 5.74) is 0.919. The lowest BCUT2D eigenvalue weighted by molar-refractivity contribution is -0.132. The number of methoxy groups -OCH3 is 1. The van der Waals surface area contributed by atoms with E-state index in [1.165, 1.54) is 4.90 Å². The second-order valence-corrected chi connectivity index (χ2v) is 7.36. The van der Waals surface area contributed by atoms with Crippen molar-refractivity contribution in [1.29, 1.82) is 0 Å². The van der Waals surface area contributed by atoms with E-state index in [1.807, 2.05) is 0 Å². The van der Waals surface area contributed by atoms with Gasteiger partial charge in [0.15, 0.2) is 5.82 Å². The first kappa shape index (κ1) is 21.9. The molecule has 0 bridgehead atoms. The lowest BCUT2D eigenvalue weighted by atomic mass is 9.95. The van der Waals surface area contributed by atoms with E-state index in [0.717, 1.165) is 0 Å². The number of hydrogen-bond acceptors (Lipinski definition) is 7. The smallest absolute Gasteiger partial charge is 0.301 e. The van der Waals surface area contributed by atoms with Crippen LogP contribution in [0.4, 0.5) is 5.82 Å². The Balaban J connectivity index is 1.83. The van der Waals surface area contributed by atoms with Crippen LogP contribution in [0.25, 0.3) is 5.76 Å². The normalized spacial score (nSPS) is 17.3. The van der Waals surface area contributed by atoms with Crippen LogP contribution in [0.1, 0.15) is 22.9 Å². The number of aliphatic hydroxyl groups is 1. The number of nitrogens with zero attached hydrogens (tertiary/aromatic N) is 2. The van der Waals surface area contributed by atoms with E-state index in [0.29, 0.717) is 35.0 Å². The molecule has 0 radical (unpaired) electrons. The second kappa shape index (κ2) is 9.04. The van der Waals surface area contributed by atoms with Gasteiger partial charge in [-0.3, -0.25) is 14.5 Å². The Morgan fingerprint density at radius 1 is 1.15 bits per heavy atom. The summed E-state index contributed by atoms with van der Waals surface area (Å²) in [6, 6.07) is 14.1. The molecular weight excluding hydrogens is 424 g/mol. The molecule has 1 N–H and O–H groups in total. The Morgan fingerprint density at radius 2 is 1.82 bits per heavy atom. The monoisotopic (exact) mass is 446 g/mol. The Hall–Kier alpha value is -4.33. The first-order valence-electron chi connectivity index (χ1n) is 10.2. The van der Waals surface area contributed by atoms with E-state index in [4.69, 9.17) is 14.0 Å². The predicted molar refractivity (Wildman–Crippen MR) is 121 cm³/mol. The van der Waals surface area contributed by atoms with Crippen molar-refractivity contribution in [3.8, 4) is 11.5 Å². The number of hydrogen-bond donors (Lipinski definition) is 1. The number of ketones is 1. The van der Waals surface area contributed by atoms with Crippen molar-refractivity contribution in [2.45, 2.75) is 13.0 Å². The number of benzene rings is 2. The highest BCUT2D eigenvalue weighted by Gasteiger charge is 2.48. The summed E-state index contributed by atoms with van der Waals surface area (Å²) >= 11 is 0. The summed E-state index contributed by atoms with van der Waals surface area (Å²) in [5, 5.41) is 15.1. The van der Waals surface area contributed by atoms with Gasteiger partial charge >= 0.3 is 5.91 Å². The fourth-order valence-electron chi connectivity index (χ4n) is 3.66. The van der Waals surface area contributed by atoms with Crippen LogP contribution in [0.3, 0.4) is 0 Å². The standard InChI is InChI=1S/C25H22N2O6/c1-4-13-32-19-11-7-17(8-12-19)23(28)21-22(16-5-9-18(31-3)10-6-16)27(25(30)24(21)29)20-14-15(2)33-26-20/h4-12,14,22,28H,1,13H2,2-3H3. The van der Waals surface area contributed by atoms with Crippen LogP contribution in [0, 0.1) is 6.92 Å². The molecule has 1 aliphatic heterocycles. The minimum absolute atomic E-state index is 0.0504. The summed E-state index contributed by atoms with van der Waals surface area (Å²) in [6.07, 6.45) is 1.62. The Morgan fingerprint density at radius 3 is 2.39 bits per heavy atom. The predicted octanol–water partition coefficient (Wildman–Crippen LogP) is 4.18. The van der Waals surface area contributed by atoms with Crippen molar-refractivity contribution < 1.29 is 28.7 Å². The highest BCUT2D eigenvalue weighted by Crippen LogP contribution is 2.42. The van der Waals surface area contributed by atoms with Crippen LogP contribution in [-0.2, 0) is 9.59 Å². The van der Waals surface area contributed by atoms with Crippen LogP contribution in [0.5, 0.6) is 11.5 Å². The van der Waals surface area contributed by atoms with Crippen LogP contribution in [0.2, 0.25) is 0 Å². The van der Waals surface area contributed by atoms with Crippen molar-refractivity contribution in [1.82, 2.24) is 5.16 Å². The molecular formula is C25H22N2O6. The molecule has 1 amide bonds. The molecule has 1 fully saturated rings. The maximum absolute atomic E-state index is 13.1. The number of carbonyl (C=O) groups excluding carboxylic acids is 2. The van der Waals surface area contributed by atoms with Gasteiger partial charge in [0.05, 0.1) is 18.7 Å². The molecule has 2 aromatic carbocycles. The van der Waals surface area contributed by atoms with Crippen molar-refractivity contribution in [3.05, 3.63) is 89.7 Å². The molecule has 1 saturated heterocycles. The SMILES string of the molecule is C=CCOc1ccc(C(O)=C2C(=O)C(=O)N(c3cc(C)on3)C2c2ccc(OC)cc2)cc1. The minimum Gasteiger partial charge on any atom is -0.507 e. The number of rotatable bonds is 7. The van der Waals surface area contributed by atoms with E-state index in [-0.39, 0.29) is 17.2 Å². The van der Waals surface area contributed by atoms with Gasteiger partial charge in [0.2, 0.25) is 0 Å². The molecule has 168 valence electrons. The van der Waals surface area contributed by atoms with Gasteiger partial charge < -0.3 is 19.1 Å². The van der Waals surface area contributed by atoms with Crippen LogP contribution in [0.15, 0.2) is 77.3 Å². The molecule has 8 nitrogen and oxygen atoms in total. The second-order valence-electron chi connectivity index (χ2n) is 7.36. The van der Waals surface area contributed by atoms with E-state index in [2.05, 4.69) is 11.7 Å². The van der Waals surface area contributed by atoms with Crippen LogP contribution < -0.4 is 14.4 Å². The fourth-order valence-corrected chi connectivity index (χ4v) is 3.66. The molecule has 0 aliphatic carbocycles. The van der Waals surface area contributed by atoms with Crippen molar-refractivity contribution in [2.24, 2.45) is 0 Å². The topological polar surface area (TPSA) is 102 Å². The first-order chi connectivity index (χ1) is 15.9. The Labute approximate surface area is 190 Å². The van der Waals surface area contributed by atoms with Gasteiger partial charge in [-0.25, -0.2) is 0 Å². The van der Waals surface area contributed by atoms with E-state index < -0.39 is 17.7 Å². The summed E-state index contributed by atoms with van der Waals surface area (Å²) in [6.45, 7) is 5.63. The maximum Gasteiger partial charge on any atom is 0.301 e. The third kappa shape index (κ3) is 4.10. The summed E-state index contributed by atoms with van der Waals surface area (Å²) < 4.78 is 15.8. The minimum atomic E-state index is -0.905. The van der Waals surface area contributed by atoms with Gasteiger partial charge in [-0.2, -0.15) is 0 Å². The summed E-state index contributed by atoms with van der Waals surface area (Å²) in [5.74, 6) is -0.0670. The summed E-state index contributed by atoms with van der Waals surface area (Å²) in [7, 11) is 1.54.